The Balaban J connectivity index is 2.01. The molecule has 3 rings (SSSR count). The van der Waals surface area contributed by atoms with Crippen molar-refractivity contribution in [2.45, 2.75) is 11.7 Å². The van der Waals surface area contributed by atoms with E-state index < -0.39 is 5.60 Å². The Labute approximate surface area is 118 Å². The first-order valence-corrected chi connectivity index (χ1v) is 6.82. The van der Waals surface area contributed by atoms with Crippen LogP contribution in [0.5, 0.6) is 0 Å². The molecule has 2 aromatic carbocycles. The minimum Gasteiger partial charge on any atom is -0.394 e. The van der Waals surface area contributed by atoms with Crippen LogP contribution in [0.25, 0.3) is 0 Å². The molecule has 0 amide bonds. The van der Waals surface area contributed by atoms with Gasteiger partial charge in [-0.3, -0.25) is 0 Å². The van der Waals surface area contributed by atoms with E-state index in [0.29, 0.717) is 13.2 Å². The topological polar surface area (TPSA) is 38.7 Å². The van der Waals surface area contributed by atoms with Gasteiger partial charge in [0.15, 0.2) is 0 Å². The predicted octanol–water partition coefficient (Wildman–Crippen LogP) is 2.34. The van der Waals surface area contributed by atoms with Crippen molar-refractivity contribution >= 4 is 0 Å². The molecule has 0 spiro atoms. The molecule has 0 saturated carbocycles. The highest BCUT2D eigenvalue weighted by Crippen LogP contribution is 2.36. The fourth-order valence-electron chi connectivity index (χ4n) is 2.58. The molecule has 3 nitrogen and oxygen atoms in total. The molecule has 1 aliphatic rings. The molecule has 1 unspecified atom stereocenters. The Kier molecular flexibility index (Phi) is 3.83. The lowest BCUT2D eigenvalue weighted by Gasteiger charge is -2.40. The summed E-state index contributed by atoms with van der Waals surface area (Å²) < 4.78 is 11.9. The maximum absolute atomic E-state index is 9.20. The summed E-state index contributed by atoms with van der Waals surface area (Å²) in [6.07, 6.45) is -0.240. The molecule has 1 fully saturated rings. The van der Waals surface area contributed by atoms with Gasteiger partial charge in [0.2, 0.25) is 0 Å². The lowest BCUT2D eigenvalue weighted by Crippen LogP contribution is -2.46. The van der Waals surface area contributed by atoms with Crippen molar-refractivity contribution < 1.29 is 14.6 Å². The Bertz CT molecular complexity index is 489. The molecule has 3 heteroatoms. The second-order valence-corrected chi connectivity index (χ2v) is 4.99. The zero-order valence-electron chi connectivity index (χ0n) is 11.2. The van der Waals surface area contributed by atoms with E-state index in [1.807, 2.05) is 36.4 Å². The quantitative estimate of drug-likeness (QED) is 0.930. The molecule has 1 N–H and O–H groups in total. The normalized spacial score (nSPS) is 21.6. The summed E-state index contributed by atoms with van der Waals surface area (Å²) in [6, 6.07) is 20.2. The van der Waals surface area contributed by atoms with Gasteiger partial charge >= 0.3 is 0 Å². The molecule has 104 valence electrons. The SMILES string of the molecule is OCC1COC(c2ccccc2)(c2ccccc2)CO1. The van der Waals surface area contributed by atoms with Crippen molar-refractivity contribution in [3.63, 3.8) is 0 Å². The molecule has 0 aromatic heterocycles. The largest absolute Gasteiger partial charge is 0.394 e. The molecule has 1 aliphatic heterocycles. The third-order valence-electron chi connectivity index (χ3n) is 3.72. The van der Waals surface area contributed by atoms with Gasteiger partial charge in [-0.2, -0.15) is 0 Å². The number of hydrogen-bond donors (Lipinski definition) is 1. The van der Waals surface area contributed by atoms with Crippen molar-refractivity contribution in [1.82, 2.24) is 0 Å². The molecule has 20 heavy (non-hydrogen) atoms. The van der Waals surface area contributed by atoms with E-state index in [-0.39, 0.29) is 12.7 Å². The van der Waals surface area contributed by atoms with E-state index in [0.717, 1.165) is 11.1 Å². The number of aliphatic hydroxyl groups excluding tert-OH is 1. The van der Waals surface area contributed by atoms with Crippen LogP contribution < -0.4 is 0 Å². The van der Waals surface area contributed by atoms with Gasteiger partial charge in [0.05, 0.1) is 19.8 Å². The smallest absolute Gasteiger partial charge is 0.141 e. The van der Waals surface area contributed by atoms with E-state index in [2.05, 4.69) is 24.3 Å². The van der Waals surface area contributed by atoms with Crippen LogP contribution in [0.2, 0.25) is 0 Å². The van der Waals surface area contributed by atoms with Crippen LogP contribution in [0.4, 0.5) is 0 Å². The lowest BCUT2D eigenvalue weighted by atomic mass is 9.86. The maximum Gasteiger partial charge on any atom is 0.141 e. The molecule has 2 aromatic rings. The Morgan fingerprint density at radius 3 is 1.90 bits per heavy atom. The number of benzene rings is 2. The maximum atomic E-state index is 9.20. The van der Waals surface area contributed by atoms with Gasteiger partial charge in [-0.25, -0.2) is 0 Å². The van der Waals surface area contributed by atoms with Crippen molar-refractivity contribution in [2.75, 3.05) is 19.8 Å². The van der Waals surface area contributed by atoms with Gasteiger partial charge in [0, 0.05) is 0 Å². The standard InChI is InChI=1S/C17H18O3/c18-11-16-12-20-17(13-19-16,14-7-3-1-4-8-14)15-9-5-2-6-10-15/h1-10,16,18H,11-13H2. The molecule has 0 aliphatic carbocycles. The fourth-order valence-corrected chi connectivity index (χ4v) is 2.58. The van der Waals surface area contributed by atoms with Crippen molar-refractivity contribution in [3.8, 4) is 0 Å². The highest BCUT2D eigenvalue weighted by molar-refractivity contribution is 5.37. The molecular formula is C17H18O3. The molecule has 0 radical (unpaired) electrons. The van der Waals surface area contributed by atoms with E-state index >= 15 is 0 Å². The van der Waals surface area contributed by atoms with Gasteiger partial charge in [-0.15, -0.1) is 0 Å². The second-order valence-electron chi connectivity index (χ2n) is 4.99. The summed E-state index contributed by atoms with van der Waals surface area (Å²) in [4.78, 5) is 0. The lowest BCUT2D eigenvalue weighted by molar-refractivity contribution is -0.185. The van der Waals surface area contributed by atoms with Crippen LogP contribution in [-0.4, -0.2) is 31.0 Å². The number of hydrogen-bond acceptors (Lipinski definition) is 3. The highest BCUT2D eigenvalue weighted by atomic mass is 16.6. The molecular weight excluding hydrogens is 252 g/mol. The van der Waals surface area contributed by atoms with Gasteiger partial charge < -0.3 is 14.6 Å². The third kappa shape index (κ3) is 2.36. The Hall–Kier alpha value is -1.68. The van der Waals surface area contributed by atoms with Crippen molar-refractivity contribution in [1.29, 1.82) is 0 Å². The van der Waals surface area contributed by atoms with Gasteiger partial charge in [-0.05, 0) is 11.1 Å². The van der Waals surface area contributed by atoms with Crippen LogP contribution in [0.3, 0.4) is 0 Å². The van der Waals surface area contributed by atoms with E-state index in [9.17, 15) is 5.11 Å². The summed E-state index contributed by atoms with van der Waals surface area (Å²) in [5.74, 6) is 0. The van der Waals surface area contributed by atoms with Crippen LogP contribution in [0.15, 0.2) is 60.7 Å². The number of ether oxygens (including phenoxy) is 2. The molecule has 1 heterocycles. The molecule has 1 saturated heterocycles. The van der Waals surface area contributed by atoms with E-state index in [4.69, 9.17) is 9.47 Å². The minimum absolute atomic E-state index is 0.0142. The number of rotatable bonds is 3. The zero-order chi connectivity index (χ0) is 13.8. The van der Waals surface area contributed by atoms with Crippen LogP contribution in [0, 0.1) is 0 Å². The summed E-state index contributed by atoms with van der Waals surface area (Å²) in [6.45, 7) is 0.784. The van der Waals surface area contributed by atoms with Gasteiger partial charge in [0.1, 0.15) is 11.7 Å². The number of aliphatic hydroxyl groups is 1. The first-order chi connectivity index (χ1) is 9.85. The van der Waals surface area contributed by atoms with Crippen molar-refractivity contribution in [3.05, 3.63) is 71.8 Å². The Morgan fingerprint density at radius 2 is 1.50 bits per heavy atom. The van der Waals surface area contributed by atoms with Crippen molar-refractivity contribution in [2.24, 2.45) is 0 Å². The monoisotopic (exact) mass is 270 g/mol. The average Bonchev–Trinajstić information content (AvgIpc) is 2.56. The van der Waals surface area contributed by atoms with Gasteiger partial charge in [0.25, 0.3) is 0 Å². The van der Waals surface area contributed by atoms with E-state index in [1.54, 1.807) is 0 Å². The first-order valence-electron chi connectivity index (χ1n) is 6.82. The highest BCUT2D eigenvalue weighted by Gasteiger charge is 2.40. The average molecular weight is 270 g/mol. The predicted molar refractivity (Wildman–Crippen MR) is 76.4 cm³/mol. The van der Waals surface area contributed by atoms with Gasteiger partial charge in [-0.1, -0.05) is 60.7 Å². The molecule has 0 bridgehead atoms. The summed E-state index contributed by atoms with van der Waals surface area (Å²) in [5.41, 5.74) is 1.55. The summed E-state index contributed by atoms with van der Waals surface area (Å²) >= 11 is 0. The Morgan fingerprint density at radius 1 is 0.950 bits per heavy atom. The van der Waals surface area contributed by atoms with Crippen LogP contribution >= 0.6 is 0 Å². The molecule has 1 atom stereocenters. The third-order valence-corrected chi connectivity index (χ3v) is 3.72. The first kappa shape index (κ1) is 13.3. The fraction of sp³-hybridized carbons (Fsp3) is 0.294. The minimum atomic E-state index is -0.589. The van der Waals surface area contributed by atoms with Crippen LogP contribution in [0.1, 0.15) is 11.1 Å². The second kappa shape index (κ2) is 5.75. The van der Waals surface area contributed by atoms with Crippen LogP contribution in [-0.2, 0) is 15.1 Å². The zero-order valence-corrected chi connectivity index (χ0v) is 11.2. The van der Waals surface area contributed by atoms with E-state index in [1.165, 1.54) is 0 Å². The summed E-state index contributed by atoms with van der Waals surface area (Å²) in [5, 5.41) is 9.20. The summed E-state index contributed by atoms with van der Waals surface area (Å²) in [7, 11) is 0.